The topological polar surface area (TPSA) is 38.0 Å². The van der Waals surface area contributed by atoms with Crippen molar-refractivity contribution in [3.8, 4) is 11.1 Å². The lowest BCUT2D eigenvalue weighted by Gasteiger charge is -2.20. The molecule has 3 aliphatic carbocycles. The molecule has 44 heavy (non-hydrogen) atoms. The Balaban J connectivity index is 1.24. The van der Waals surface area contributed by atoms with Gasteiger partial charge in [-0.2, -0.15) is 0 Å². The fourth-order valence-electron chi connectivity index (χ4n) is 7.99. The van der Waals surface area contributed by atoms with Crippen LogP contribution in [0.4, 0.5) is 11.4 Å². The van der Waals surface area contributed by atoms with Crippen LogP contribution in [0.3, 0.4) is 0 Å². The number of fused-ring (bicyclic) bond motifs is 12. The quantitative estimate of drug-likeness (QED) is 0.126. The van der Waals surface area contributed by atoms with Crippen molar-refractivity contribution in [1.29, 1.82) is 0 Å². The molecule has 0 spiro atoms. The normalized spacial score (nSPS) is 14.3. The zero-order valence-corrected chi connectivity index (χ0v) is 24.1. The zero-order chi connectivity index (χ0) is 28.9. The maximum atomic E-state index is 6.19. The molecule has 2 heteroatoms. The molecular formula is C42H28N2. The molecule has 3 aliphatic rings. The Labute approximate surface area is 255 Å². The number of rotatable bonds is 2. The van der Waals surface area contributed by atoms with E-state index >= 15 is 0 Å². The third-order valence-electron chi connectivity index (χ3n) is 9.94. The monoisotopic (exact) mass is 560 g/mol. The van der Waals surface area contributed by atoms with Crippen molar-refractivity contribution in [2.75, 3.05) is 11.1 Å². The first-order chi connectivity index (χ1) is 21.7. The summed E-state index contributed by atoms with van der Waals surface area (Å²) in [6.45, 7) is 0. The summed E-state index contributed by atoms with van der Waals surface area (Å²) < 4.78 is 0. The average molecular weight is 561 g/mol. The van der Waals surface area contributed by atoms with Crippen LogP contribution in [0.2, 0.25) is 0 Å². The van der Waals surface area contributed by atoms with Crippen LogP contribution in [-0.2, 0) is 6.42 Å². The number of anilines is 2. The molecule has 7 aromatic carbocycles. The molecule has 3 N–H and O–H groups in total. The largest absolute Gasteiger partial charge is 0.399 e. The van der Waals surface area contributed by atoms with Gasteiger partial charge in [-0.15, -0.1) is 0 Å². The molecule has 2 nitrogen and oxygen atoms in total. The number of nitrogen functional groups attached to an aromatic ring is 1. The van der Waals surface area contributed by atoms with Gasteiger partial charge in [0.25, 0.3) is 0 Å². The van der Waals surface area contributed by atoms with Gasteiger partial charge in [0.2, 0.25) is 0 Å². The molecule has 0 bridgehead atoms. The van der Waals surface area contributed by atoms with E-state index in [1.807, 2.05) is 6.07 Å². The van der Waals surface area contributed by atoms with Crippen LogP contribution in [-0.4, -0.2) is 0 Å². The lowest BCUT2D eigenvalue weighted by atomic mass is 9.84. The van der Waals surface area contributed by atoms with E-state index in [2.05, 4.69) is 127 Å². The molecule has 7 aromatic rings. The maximum Gasteiger partial charge on any atom is 0.0550 e. The third-order valence-corrected chi connectivity index (χ3v) is 9.94. The number of hydrogen-bond donors (Lipinski definition) is 2. The maximum absolute atomic E-state index is 6.19. The molecule has 10 rings (SSSR count). The summed E-state index contributed by atoms with van der Waals surface area (Å²) in [5, 5.41) is 14.2. The van der Waals surface area contributed by atoms with Crippen LogP contribution in [0.25, 0.3) is 60.8 Å². The van der Waals surface area contributed by atoms with Gasteiger partial charge < -0.3 is 11.1 Å². The fraction of sp³-hybridized carbons (Fsp3) is 0.0476. The number of benzene rings is 7. The van der Waals surface area contributed by atoms with Crippen LogP contribution in [0.1, 0.15) is 28.7 Å². The molecule has 0 aliphatic heterocycles. The predicted octanol–water partition coefficient (Wildman–Crippen LogP) is 8.52. The van der Waals surface area contributed by atoms with Crippen LogP contribution in [0.5, 0.6) is 0 Å². The van der Waals surface area contributed by atoms with Crippen LogP contribution >= 0.6 is 0 Å². The van der Waals surface area contributed by atoms with E-state index in [1.54, 1.807) is 0 Å². The molecule has 0 unspecified atom stereocenters. The average Bonchev–Trinajstić information content (AvgIpc) is 3.59. The van der Waals surface area contributed by atoms with Gasteiger partial charge in [-0.25, -0.2) is 0 Å². The zero-order valence-electron chi connectivity index (χ0n) is 24.1. The van der Waals surface area contributed by atoms with Crippen molar-refractivity contribution in [3.05, 3.63) is 160 Å². The number of aryl methyl sites for hydroxylation is 1. The Kier molecular flexibility index (Phi) is 4.74. The van der Waals surface area contributed by atoms with Gasteiger partial charge >= 0.3 is 0 Å². The Hall–Kier alpha value is -5.60. The highest BCUT2D eigenvalue weighted by Gasteiger charge is 2.28. The Morgan fingerprint density at radius 2 is 1.30 bits per heavy atom. The van der Waals surface area contributed by atoms with Crippen molar-refractivity contribution >= 4 is 61.0 Å². The molecule has 0 saturated heterocycles. The molecule has 0 aromatic heterocycles. The van der Waals surface area contributed by atoms with Gasteiger partial charge in [-0.3, -0.25) is 0 Å². The van der Waals surface area contributed by atoms with Gasteiger partial charge in [0.1, 0.15) is 0 Å². The van der Waals surface area contributed by atoms with Crippen LogP contribution in [0, 0.1) is 0 Å². The summed E-state index contributed by atoms with van der Waals surface area (Å²) in [5.41, 5.74) is 20.0. The van der Waals surface area contributed by atoms with Gasteiger partial charge in [0, 0.05) is 27.5 Å². The highest BCUT2D eigenvalue weighted by atomic mass is 14.9. The smallest absolute Gasteiger partial charge is 0.0550 e. The third kappa shape index (κ3) is 3.25. The van der Waals surface area contributed by atoms with E-state index in [4.69, 9.17) is 5.73 Å². The number of nitrogens with two attached hydrogens (primary N) is 1. The molecule has 0 amide bonds. The van der Waals surface area contributed by atoms with Gasteiger partial charge in [-0.05, 0) is 120 Å². The minimum absolute atomic E-state index is 0.842. The highest BCUT2D eigenvalue weighted by molar-refractivity contribution is 6.17. The summed E-state index contributed by atoms with van der Waals surface area (Å²) in [5.74, 6) is 0. The van der Waals surface area contributed by atoms with E-state index in [0.29, 0.717) is 0 Å². The summed E-state index contributed by atoms with van der Waals surface area (Å²) in [4.78, 5) is 0. The first kappa shape index (κ1) is 23.9. The summed E-state index contributed by atoms with van der Waals surface area (Å²) in [7, 11) is 0. The molecule has 206 valence electrons. The van der Waals surface area contributed by atoms with E-state index in [0.717, 1.165) is 24.2 Å². The lowest BCUT2D eigenvalue weighted by Crippen LogP contribution is -2.30. The molecular weight excluding hydrogens is 532 g/mol. The first-order valence-corrected chi connectivity index (χ1v) is 15.4. The van der Waals surface area contributed by atoms with E-state index < -0.39 is 0 Å². The molecule has 0 radical (unpaired) electrons. The second kappa shape index (κ2) is 8.72. The molecule has 0 atom stereocenters. The first-order valence-electron chi connectivity index (χ1n) is 15.4. The second-order valence-electron chi connectivity index (χ2n) is 12.3. The van der Waals surface area contributed by atoms with Crippen molar-refractivity contribution in [2.45, 2.75) is 12.8 Å². The molecule has 0 fully saturated rings. The van der Waals surface area contributed by atoms with E-state index in [-0.39, 0.29) is 0 Å². The summed E-state index contributed by atoms with van der Waals surface area (Å²) in [6, 6.07) is 44.4. The fourth-order valence-corrected chi connectivity index (χ4v) is 7.99. The number of nitrogens with one attached hydrogen (secondary N) is 1. The van der Waals surface area contributed by atoms with Crippen molar-refractivity contribution < 1.29 is 0 Å². The van der Waals surface area contributed by atoms with E-state index in [9.17, 15) is 0 Å². The SMILES string of the molecule is Nc1ccc2c(c1)CCC1=C2c2ccc3c(c2=C1)=C(Nc1cccc2ccc4cc5ccccc5cc4c12)c1ccccc1-3. The Morgan fingerprint density at radius 1 is 0.545 bits per heavy atom. The lowest BCUT2D eigenvalue weighted by molar-refractivity contribution is 0.956. The van der Waals surface area contributed by atoms with Crippen molar-refractivity contribution in [2.24, 2.45) is 0 Å². The van der Waals surface area contributed by atoms with Crippen molar-refractivity contribution in [3.63, 3.8) is 0 Å². The Bertz CT molecular complexity index is 2590. The van der Waals surface area contributed by atoms with Crippen molar-refractivity contribution in [1.82, 2.24) is 0 Å². The van der Waals surface area contributed by atoms with E-state index in [1.165, 1.54) is 93.0 Å². The minimum atomic E-state index is 0.842. The predicted molar refractivity (Wildman–Crippen MR) is 186 cm³/mol. The van der Waals surface area contributed by atoms with Crippen LogP contribution < -0.4 is 21.5 Å². The summed E-state index contributed by atoms with van der Waals surface area (Å²) in [6.07, 6.45) is 4.52. The van der Waals surface area contributed by atoms with Gasteiger partial charge in [0.05, 0.1) is 5.70 Å². The number of hydrogen-bond acceptors (Lipinski definition) is 2. The Morgan fingerprint density at radius 3 is 2.20 bits per heavy atom. The molecule has 0 saturated carbocycles. The van der Waals surface area contributed by atoms with Gasteiger partial charge in [0.15, 0.2) is 0 Å². The van der Waals surface area contributed by atoms with Gasteiger partial charge in [-0.1, -0.05) is 91.0 Å². The highest BCUT2D eigenvalue weighted by Crippen LogP contribution is 2.41. The minimum Gasteiger partial charge on any atom is -0.399 e. The molecule has 0 heterocycles. The number of allylic oxidation sites excluding steroid dienone is 1. The second-order valence-corrected chi connectivity index (χ2v) is 12.3. The van der Waals surface area contributed by atoms with Crippen LogP contribution in [0.15, 0.2) is 127 Å². The standard InChI is InChI=1S/C42H28N2/c43-30-16-17-31-28(21-30)14-15-29-23-37-34(39(29)31)19-18-33-32-9-3-4-10-35(32)42(41(33)37)44-38-11-5-8-24-12-13-27-20-25-6-1-2-7-26(25)22-36(27)40(24)38/h1-13,16-23,44H,14-15,43H2. The summed E-state index contributed by atoms with van der Waals surface area (Å²) >= 11 is 0.